The molecule has 2 aromatic carbocycles. The fourth-order valence-corrected chi connectivity index (χ4v) is 4.42. The molecule has 2 saturated heterocycles. The number of hydrogen-bond acceptors (Lipinski definition) is 6. The first-order chi connectivity index (χ1) is 16.3. The summed E-state index contributed by atoms with van der Waals surface area (Å²) in [6, 6.07) is 13.2. The fourth-order valence-electron chi connectivity index (χ4n) is 4.30. The molecule has 1 atom stereocenters. The van der Waals surface area contributed by atoms with Crippen LogP contribution in [0, 0.1) is 0 Å². The highest BCUT2D eigenvalue weighted by atomic mass is 35.5. The second kappa shape index (κ2) is 10.6. The number of carbonyl (C=O) groups excluding carboxylic acids is 2. The lowest BCUT2D eigenvalue weighted by molar-refractivity contribution is -0.140. The molecule has 2 heterocycles. The number of hydrogen-bond donors (Lipinski definition) is 1. The van der Waals surface area contributed by atoms with Crippen LogP contribution in [0.25, 0.3) is 5.76 Å². The van der Waals surface area contributed by atoms with Crippen LogP contribution in [0.5, 0.6) is 5.75 Å². The van der Waals surface area contributed by atoms with E-state index in [1.165, 1.54) is 0 Å². The zero-order valence-electron chi connectivity index (χ0n) is 19.4. The molecule has 1 N–H and O–H groups in total. The van der Waals surface area contributed by atoms with Crippen LogP contribution in [0.4, 0.5) is 0 Å². The maximum atomic E-state index is 13.2. The Kier molecular flexibility index (Phi) is 7.56. The normalized spacial score (nSPS) is 20.8. The van der Waals surface area contributed by atoms with E-state index in [0.717, 1.165) is 18.7 Å². The van der Waals surface area contributed by atoms with E-state index >= 15 is 0 Å². The Labute approximate surface area is 204 Å². The van der Waals surface area contributed by atoms with Crippen molar-refractivity contribution in [3.63, 3.8) is 0 Å². The number of aliphatic hydroxyl groups excluding tert-OH is 1. The van der Waals surface area contributed by atoms with Crippen molar-refractivity contribution in [1.82, 2.24) is 9.80 Å². The molecule has 1 amide bonds. The van der Waals surface area contributed by atoms with E-state index in [1.54, 1.807) is 29.2 Å². The number of amides is 1. The van der Waals surface area contributed by atoms with Gasteiger partial charge in [0, 0.05) is 36.8 Å². The van der Waals surface area contributed by atoms with Crippen molar-refractivity contribution in [2.45, 2.75) is 26.0 Å². The molecule has 0 unspecified atom stereocenters. The summed E-state index contributed by atoms with van der Waals surface area (Å²) in [5.41, 5.74) is 1.24. The summed E-state index contributed by atoms with van der Waals surface area (Å²) < 4.78 is 11.1. The molecule has 2 aliphatic rings. The molecule has 0 spiro atoms. The van der Waals surface area contributed by atoms with Crippen LogP contribution >= 0.6 is 11.6 Å². The van der Waals surface area contributed by atoms with Gasteiger partial charge in [-0.05, 0) is 55.8 Å². The molecule has 2 fully saturated rings. The number of benzene rings is 2. The average molecular weight is 485 g/mol. The van der Waals surface area contributed by atoms with Gasteiger partial charge < -0.3 is 19.5 Å². The van der Waals surface area contributed by atoms with E-state index in [2.05, 4.69) is 4.90 Å². The van der Waals surface area contributed by atoms with Crippen LogP contribution in [0.15, 0.2) is 54.1 Å². The van der Waals surface area contributed by atoms with E-state index in [9.17, 15) is 14.7 Å². The van der Waals surface area contributed by atoms with E-state index in [1.807, 2.05) is 38.1 Å². The quantitative estimate of drug-likeness (QED) is 0.365. The lowest BCUT2D eigenvalue weighted by Gasteiger charge is -2.31. The Morgan fingerprint density at radius 1 is 1.06 bits per heavy atom. The summed E-state index contributed by atoms with van der Waals surface area (Å²) in [6.45, 7) is 7.72. The number of Topliss-reactive ketones (excluding diaryl/α,β-unsaturated/α-hetero) is 1. The SMILES string of the molecule is CC(C)Oc1ccc([C@@H]2C(=C(O)c3ccc(Cl)cc3)C(=O)C(=O)N2CCN2CCOCC2)cc1. The summed E-state index contributed by atoms with van der Waals surface area (Å²) in [6.07, 6.45) is 0.0231. The number of morpholine rings is 1. The highest BCUT2D eigenvalue weighted by molar-refractivity contribution is 6.46. The van der Waals surface area contributed by atoms with Crippen molar-refractivity contribution in [3.05, 3.63) is 70.3 Å². The first-order valence-corrected chi connectivity index (χ1v) is 11.8. The van der Waals surface area contributed by atoms with Gasteiger partial charge in [-0.15, -0.1) is 0 Å². The van der Waals surface area contributed by atoms with Crippen LogP contribution < -0.4 is 4.74 Å². The number of rotatable bonds is 7. The number of ketones is 1. The molecule has 0 aromatic heterocycles. The Balaban J connectivity index is 1.71. The van der Waals surface area contributed by atoms with Gasteiger partial charge in [0.1, 0.15) is 11.5 Å². The van der Waals surface area contributed by atoms with Gasteiger partial charge in [0.15, 0.2) is 0 Å². The van der Waals surface area contributed by atoms with E-state index in [0.29, 0.717) is 42.6 Å². The molecule has 0 bridgehead atoms. The van der Waals surface area contributed by atoms with Gasteiger partial charge in [0.2, 0.25) is 0 Å². The lowest BCUT2D eigenvalue weighted by atomic mass is 9.95. The predicted octanol–water partition coefficient (Wildman–Crippen LogP) is 3.88. The monoisotopic (exact) mass is 484 g/mol. The molecule has 2 aliphatic heterocycles. The zero-order valence-corrected chi connectivity index (χ0v) is 20.1. The molecule has 0 aliphatic carbocycles. The summed E-state index contributed by atoms with van der Waals surface area (Å²) in [7, 11) is 0. The number of nitrogens with zero attached hydrogens (tertiary/aromatic N) is 2. The summed E-state index contributed by atoms with van der Waals surface area (Å²) >= 11 is 5.99. The molecule has 7 nitrogen and oxygen atoms in total. The van der Waals surface area contributed by atoms with Gasteiger partial charge in [0.05, 0.1) is 30.9 Å². The maximum Gasteiger partial charge on any atom is 0.295 e. The number of carbonyl (C=O) groups is 2. The van der Waals surface area contributed by atoms with Crippen molar-refractivity contribution in [2.24, 2.45) is 0 Å². The van der Waals surface area contributed by atoms with E-state index < -0.39 is 17.7 Å². The Bertz CT molecular complexity index is 1060. The van der Waals surface area contributed by atoms with Crippen molar-refractivity contribution >= 4 is 29.1 Å². The number of likely N-dealkylation sites (tertiary alicyclic amines) is 1. The van der Waals surface area contributed by atoms with Gasteiger partial charge in [-0.3, -0.25) is 14.5 Å². The van der Waals surface area contributed by atoms with Crippen LogP contribution in [0.3, 0.4) is 0 Å². The maximum absolute atomic E-state index is 13.2. The van der Waals surface area contributed by atoms with Gasteiger partial charge in [-0.1, -0.05) is 23.7 Å². The van der Waals surface area contributed by atoms with Gasteiger partial charge in [-0.25, -0.2) is 0 Å². The third-order valence-corrected chi connectivity index (χ3v) is 6.24. The second-order valence-electron chi connectivity index (χ2n) is 8.69. The molecule has 180 valence electrons. The minimum absolute atomic E-state index is 0.0231. The minimum atomic E-state index is -0.704. The van der Waals surface area contributed by atoms with Crippen LogP contribution in [-0.2, 0) is 14.3 Å². The van der Waals surface area contributed by atoms with Crippen LogP contribution in [0.1, 0.15) is 31.0 Å². The van der Waals surface area contributed by atoms with Crippen molar-refractivity contribution < 1.29 is 24.2 Å². The highest BCUT2D eigenvalue weighted by Gasteiger charge is 2.46. The first-order valence-electron chi connectivity index (χ1n) is 11.5. The molecule has 34 heavy (non-hydrogen) atoms. The predicted molar refractivity (Wildman–Crippen MR) is 130 cm³/mol. The highest BCUT2D eigenvalue weighted by Crippen LogP contribution is 2.39. The van der Waals surface area contributed by atoms with E-state index in [-0.39, 0.29) is 17.4 Å². The lowest BCUT2D eigenvalue weighted by Crippen LogP contribution is -2.42. The molecule has 4 rings (SSSR count). The van der Waals surface area contributed by atoms with Gasteiger partial charge >= 0.3 is 0 Å². The Morgan fingerprint density at radius 3 is 2.32 bits per heavy atom. The standard InChI is InChI=1S/C26H29ClN2O5/c1-17(2)34-21-9-5-18(6-10-21)23-22(24(30)19-3-7-20(27)8-4-19)25(31)26(32)29(23)12-11-28-13-15-33-16-14-28/h3-10,17,23,30H,11-16H2,1-2H3/t23-/m1/s1. The molecule has 0 saturated carbocycles. The Morgan fingerprint density at radius 2 is 1.71 bits per heavy atom. The van der Waals surface area contributed by atoms with Gasteiger partial charge in [0.25, 0.3) is 11.7 Å². The summed E-state index contributed by atoms with van der Waals surface area (Å²) in [4.78, 5) is 30.0. The third-order valence-electron chi connectivity index (χ3n) is 5.99. The molecule has 8 heteroatoms. The first kappa shape index (κ1) is 24.3. The molecular formula is C26H29ClN2O5. The van der Waals surface area contributed by atoms with Crippen LogP contribution in [-0.4, -0.2) is 72.1 Å². The second-order valence-corrected chi connectivity index (χ2v) is 9.13. The van der Waals surface area contributed by atoms with E-state index in [4.69, 9.17) is 21.1 Å². The van der Waals surface area contributed by atoms with Crippen molar-refractivity contribution in [1.29, 1.82) is 0 Å². The van der Waals surface area contributed by atoms with Gasteiger partial charge in [-0.2, -0.15) is 0 Å². The number of ether oxygens (including phenoxy) is 2. The number of aliphatic hydroxyl groups is 1. The van der Waals surface area contributed by atoms with Crippen LogP contribution in [0.2, 0.25) is 5.02 Å². The summed E-state index contributed by atoms with van der Waals surface area (Å²) in [5.74, 6) is -0.823. The Hall–Kier alpha value is -2.87. The number of halogens is 1. The zero-order chi connectivity index (χ0) is 24.2. The summed E-state index contributed by atoms with van der Waals surface area (Å²) in [5, 5.41) is 11.6. The largest absolute Gasteiger partial charge is 0.507 e. The smallest absolute Gasteiger partial charge is 0.295 e. The topological polar surface area (TPSA) is 79.3 Å². The van der Waals surface area contributed by atoms with Crippen molar-refractivity contribution in [2.75, 3.05) is 39.4 Å². The fraction of sp³-hybridized carbons (Fsp3) is 0.385. The minimum Gasteiger partial charge on any atom is -0.507 e. The third kappa shape index (κ3) is 5.27. The molecule has 0 radical (unpaired) electrons. The average Bonchev–Trinajstić information content (AvgIpc) is 3.08. The van der Waals surface area contributed by atoms with Crippen molar-refractivity contribution in [3.8, 4) is 5.75 Å². The molecule has 2 aromatic rings. The molecular weight excluding hydrogens is 456 g/mol.